The summed E-state index contributed by atoms with van der Waals surface area (Å²) >= 11 is -2.08. The summed E-state index contributed by atoms with van der Waals surface area (Å²) in [6.45, 7) is 4.00. The molecule has 0 saturated carbocycles. The zero-order valence-corrected chi connectivity index (χ0v) is 16.7. The first-order valence-electron chi connectivity index (χ1n) is 6.97. The normalized spacial score (nSPS) is 9.88. The van der Waals surface area contributed by atoms with Crippen molar-refractivity contribution in [3.05, 3.63) is 60.4 Å². The van der Waals surface area contributed by atoms with Gasteiger partial charge in [0.15, 0.2) is 5.82 Å². The second kappa shape index (κ2) is 13.5. The van der Waals surface area contributed by atoms with Crippen LogP contribution in [0.2, 0.25) is 0 Å². The Morgan fingerprint density at radius 2 is 1.60 bits per heavy atom. The number of fused-ring (bicyclic) bond motifs is 1. The highest BCUT2D eigenvalue weighted by atomic mass is 32.2. The van der Waals surface area contributed by atoms with E-state index in [0.29, 0.717) is 4.90 Å². The lowest BCUT2D eigenvalue weighted by molar-refractivity contribution is 0.0991. The molecule has 3 rings (SSSR count). The van der Waals surface area contributed by atoms with Gasteiger partial charge in [0, 0.05) is 7.75 Å². The number of H-pyrrole nitrogens is 1. The first kappa shape index (κ1) is 25.4. The van der Waals surface area contributed by atoms with Crippen LogP contribution in [0.3, 0.4) is 0 Å². The average molecular weight is 405 g/mol. The van der Waals surface area contributed by atoms with Gasteiger partial charge < -0.3 is 15.3 Å². The fourth-order valence-corrected chi connectivity index (χ4v) is 1.98. The summed E-state index contributed by atoms with van der Waals surface area (Å²) in [4.78, 5) is 17.8. The zero-order chi connectivity index (χ0) is 17.2. The number of hydrogen-bond acceptors (Lipinski definition) is 4. The maximum Gasteiger partial charge on any atom is 0.284 e. The highest BCUT2D eigenvalue weighted by molar-refractivity contribution is 7.79. The van der Waals surface area contributed by atoms with Gasteiger partial charge in [-0.1, -0.05) is 44.2 Å². The van der Waals surface area contributed by atoms with Gasteiger partial charge in [-0.2, -0.15) is 27.0 Å². The third kappa shape index (κ3) is 8.21. The predicted octanol–water partition coefficient (Wildman–Crippen LogP) is 3.33. The molecule has 0 fully saturated rings. The molecule has 3 aromatic rings. The van der Waals surface area contributed by atoms with E-state index in [1.165, 1.54) is 0 Å². The van der Waals surface area contributed by atoms with Gasteiger partial charge in [0.25, 0.3) is 5.91 Å². The van der Waals surface area contributed by atoms with Crippen LogP contribution in [0.4, 0.5) is 0 Å². The molecule has 0 radical (unpaired) electrons. The second-order valence-electron chi connectivity index (χ2n) is 4.01. The number of nitrogens with zero attached hydrogens (tertiary/aromatic N) is 1. The third-order valence-electron chi connectivity index (χ3n) is 2.56. The molecule has 1 atom stereocenters. The molecule has 0 bridgehead atoms. The van der Waals surface area contributed by atoms with Crippen molar-refractivity contribution in [2.24, 2.45) is 5.73 Å². The summed E-state index contributed by atoms with van der Waals surface area (Å²) in [5.41, 5.74) is 6.63. The maximum atomic E-state index is 10.7. The Bertz CT molecular complexity index is 757. The molecule has 1 amide bonds. The number of benzene rings is 2. The van der Waals surface area contributed by atoms with Crippen LogP contribution in [0, 0.1) is 0 Å². The predicted molar refractivity (Wildman–Crippen MR) is 115 cm³/mol. The van der Waals surface area contributed by atoms with Crippen molar-refractivity contribution in [1.29, 1.82) is 0 Å². The zero-order valence-electron chi connectivity index (χ0n) is 13.9. The van der Waals surface area contributed by atoms with Crippen LogP contribution >= 0.6 is 27.0 Å². The Morgan fingerprint density at radius 1 is 1.08 bits per heavy atom. The maximum absolute atomic E-state index is 10.7. The van der Waals surface area contributed by atoms with Gasteiger partial charge in [0.2, 0.25) is 0 Å². The van der Waals surface area contributed by atoms with E-state index in [2.05, 4.69) is 9.97 Å². The molecule has 0 aliphatic heterocycles. The first-order chi connectivity index (χ1) is 11.1. The molecule has 9 heteroatoms. The van der Waals surface area contributed by atoms with E-state index < -0.39 is 17.0 Å². The molecule has 2 aromatic carbocycles. The number of carbonyl (C=O) groups excluding carboxylic acids is 1. The number of aromatic nitrogens is 2. The number of para-hydroxylation sites is 2. The molecule has 25 heavy (non-hydrogen) atoms. The van der Waals surface area contributed by atoms with Crippen molar-refractivity contribution in [1.82, 2.24) is 9.97 Å². The van der Waals surface area contributed by atoms with Crippen molar-refractivity contribution in [2.75, 3.05) is 0 Å². The number of carbonyl (C=O) groups is 1. The van der Waals surface area contributed by atoms with Crippen LogP contribution in [-0.2, 0) is 11.1 Å². The second-order valence-corrected chi connectivity index (χ2v) is 4.96. The molecule has 0 aliphatic rings. The lowest BCUT2D eigenvalue weighted by atomic mass is 10.3. The number of nitrogens with two attached hydrogens (primary N) is 1. The number of amides is 1. The Morgan fingerprint density at radius 3 is 2.04 bits per heavy atom. The summed E-state index contributed by atoms with van der Waals surface area (Å²) in [6, 6.07) is 15.6. The van der Waals surface area contributed by atoms with Gasteiger partial charge in [0.05, 0.1) is 11.0 Å². The quantitative estimate of drug-likeness (QED) is 0.638. The van der Waals surface area contributed by atoms with E-state index in [9.17, 15) is 13.6 Å². The smallest absolute Gasteiger partial charge is 0.284 e. The van der Waals surface area contributed by atoms with E-state index in [-0.39, 0.29) is 35.7 Å². The summed E-state index contributed by atoms with van der Waals surface area (Å²) in [5.74, 6) is -0.331. The molecule has 0 spiro atoms. The molecule has 6 nitrogen and oxygen atoms in total. The minimum atomic E-state index is -2.08. The number of nitrogens with one attached hydrogen (secondary N) is 1. The molecule has 142 valence electrons. The van der Waals surface area contributed by atoms with Crippen LogP contribution in [0.1, 0.15) is 27.3 Å². The summed E-state index contributed by atoms with van der Waals surface area (Å²) in [6.07, 6.45) is 0. The van der Waals surface area contributed by atoms with E-state index in [1.807, 2.05) is 38.1 Å². The minimum absolute atomic E-state index is 0. The van der Waals surface area contributed by atoms with Gasteiger partial charge >= 0.3 is 0 Å². The Kier molecular flexibility index (Phi) is 13.7. The van der Waals surface area contributed by atoms with E-state index in [0.717, 1.165) is 11.0 Å². The standard InChI is InChI=1S/C8H7N3O.C6H6O2S.C2H6.2H2S.2H2/c9-7(12)8-10-5-3-1-2-4-6(5)11-8;7-9(8)6-4-2-1-3-5-6;1-2;;;;/h1-4H,(H2,9,12)(H,10,11);1-5H,(H,7,8);1-2H3;2*1H2;2*1H/p-1. The fraction of sp³-hybridized carbons (Fsp3) is 0.125. The van der Waals surface area contributed by atoms with E-state index >= 15 is 0 Å². The van der Waals surface area contributed by atoms with Crippen molar-refractivity contribution in [2.45, 2.75) is 18.7 Å². The Labute approximate surface area is 166 Å². The van der Waals surface area contributed by atoms with Crippen LogP contribution < -0.4 is 5.73 Å². The number of primary amides is 1. The average Bonchev–Trinajstić information content (AvgIpc) is 3.02. The van der Waals surface area contributed by atoms with Crippen LogP contribution in [-0.4, -0.2) is 24.6 Å². The van der Waals surface area contributed by atoms with Gasteiger partial charge in [0.1, 0.15) is 0 Å². The van der Waals surface area contributed by atoms with Crippen molar-refractivity contribution >= 4 is 55.0 Å². The number of aromatic amines is 1. The van der Waals surface area contributed by atoms with Crippen molar-refractivity contribution in [3.63, 3.8) is 0 Å². The lowest BCUT2D eigenvalue weighted by Gasteiger charge is -2.01. The molecule has 0 saturated heterocycles. The summed E-state index contributed by atoms with van der Waals surface area (Å²) in [5, 5.41) is 0. The fourth-order valence-electron chi connectivity index (χ4n) is 1.60. The Balaban J connectivity index is -0.000000162. The van der Waals surface area contributed by atoms with Crippen molar-refractivity contribution in [3.8, 4) is 0 Å². The SMILES string of the molecule is CC.NC(=O)c1nc2ccccc2[nH]1.O=S([O-])c1ccccc1.S.S.[HH].[HH]. The highest BCUT2D eigenvalue weighted by Crippen LogP contribution is 2.09. The lowest BCUT2D eigenvalue weighted by Crippen LogP contribution is -2.12. The monoisotopic (exact) mass is 404 g/mol. The van der Waals surface area contributed by atoms with Gasteiger partial charge in [-0.15, -0.1) is 0 Å². The van der Waals surface area contributed by atoms with Gasteiger partial charge in [-0.25, -0.2) is 4.98 Å². The highest BCUT2D eigenvalue weighted by Gasteiger charge is 2.05. The van der Waals surface area contributed by atoms with E-state index in [1.54, 1.807) is 30.3 Å². The molecular weight excluding hydrogens is 378 g/mol. The van der Waals surface area contributed by atoms with Gasteiger partial charge in [-0.05, 0) is 35.3 Å². The van der Waals surface area contributed by atoms with Crippen molar-refractivity contribution < 1.29 is 16.4 Å². The molecule has 3 N–H and O–H groups in total. The number of hydrogen-bond donors (Lipinski definition) is 2. The van der Waals surface area contributed by atoms with Crippen LogP contribution in [0.25, 0.3) is 11.0 Å². The van der Waals surface area contributed by atoms with Crippen LogP contribution in [0.15, 0.2) is 59.5 Å². The molecular formula is C16H26N3O3S3-. The van der Waals surface area contributed by atoms with Crippen LogP contribution in [0.5, 0.6) is 0 Å². The molecule has 0 aliphatic carbocycles. The molecule has 1 heterocycles. The van der Waals surface area contributed by atoms with E-state index in [4.69, 9.17) is 5.73 Å². The minimum Gasteiger partial charge on any atom is -0.768 e. The van der Waals surface area contributed by atoms with Gasteiger partial charge in [-0.3, -0.25) is 9.00 Å². The number of rotatable bonds is 2. The molecule has 1 unspecified atom stereocenters. The molecule has 1 aromatic heterocycles. The third-order valence-corrected chi connectivity index (χ3v) is 3.22. The summed E-state index contributed by atoms with van der Waals surface area (Å²) in [7, 11) is 0. The first-order valence-corrected chi connectivity index (χ1v) is 8.04. The summed E-state index contributed by atoms with van der Waals surface area (Å²) < 4.78 is 20.4. The largest absolute Gasteiger partial charge is 0.768 e. The number of imidazole rings is 1. The Hall–Kier alpha value is -1.81. The topological polar surface area (TPSA) is 112 Å².